The van der Waals surface area contributed by atoms with Gasteiger partial charge < -0.3 is 9.73 Å². The Morgan fingerprint density at radius 3 is 2.50 bits per heavy atom. The number of aryl methyl sites for hydroxylation is 1. The molecule has 4 heteroatoms. The predicted octanol–water partition coefficient (Wildman–Crippen LogP) is 6.01. The van der Waals surface area contributed by atoms with E-state index in [9.17, 15) is 4.79 Å². The average molecular weight is 361 g/mol. The Balaban J connectivity index is 1.51. The molecule has 1 amide bonds. The van der Waals surface area contributed by atoms with Crippen molar-refractivity contribution in [3.05, 3.63) is 72.3 Å². The molecule has 0 aliphatic carbocycles. The first-order chi connectivity index (χ1) is 12.6. The third-order valence-electron chi connectivity index (χ3n) is 4.35. The van der Waals surface area contributed by atoms with Gasteiger partial charge in [0.05, 0.1) is 5.25 Å². The van der Waals surface area contributed by atoms with E-state index in [4.69, 9.17) is 4.42 Å². The number of rotatable bonds is 4. The van der Waals surface area contributed by atoms with Crippen molar-refractivity contribution < 1.29 is 9.21 Å². The number of nitrogens with one attached hydrogen (secondary N) is 1. The first-order valence-corrected chi connectivity index (χ1v) is 9.43. The molecule has 3 nitrogen and oxygen atoms in total. The van der Waals surface area contributed by atoms with Crippen molar-refractivity contribution in [1.82, 2.24) is 0 Å². The van der Waals surface area contributed by atoms with Crippen LogP contribution in [0, 0.1) is 6.92 Å². The summed E-state index contributed by atoms with van der Waals surface area (Å²) in [4.78, 5) is 13.6. The largest absolute Gasteiger partial charge is 0.456 e. The molecule has 0 radical (unpaired) electrons. The van der Waals surface area contributed by atoms with Crippen LogP contribution in [0.2, 0.25) is 0 Å². The Morgan fingerprint density at radius 2 is 1.69 bits per heavy atom. The molecule has 0 spiro atoms. The van der Waals surface area contributed by atoms with Gasteiger partial charge >= 0.3 is 0 Å². The van der Waals surface area contributed by atoms with Crippen LogP contribution in [0.3, 0.4) is 0 Å². The number of furan rings is 1. The topological polar surface area (TPSA) is 42.2 Å². The van der Waals surface area contributed by atoms with Gasteiger partial charge in [0.1, 0.15) is 11.2 Å². The summed E-state index contributed by atoms with van der Waals surface area (Å²) in [7, 11) is 0. The van der Waals surface area contributed by atoms with E-state index < -0.39 is 0 Å². The third kappa shape index (κ3) is 3.33. The van der Waals surface area contributed by atoms with Crippen LogP contribution >= 0.6 is 11.8 Å². The van der Waals surface area contributed by atoms with Crippen LogP contribution in [-0.4, -0.2) is 11.2 Å². The number of anilines is 1. The Bertz CT molecular complexity index is 1080. The van der Waals surface area contributed by atoms with Crippen LogP contribution in [0.4, 0.5) is 5.69 Å². The van der Waals surface area contributed by atoms with Gasteiger partial charge in [-0.25, -0.2) is 0 Å². The second-order valence-electron chi connectivity index (χ2n) is 6.37. The summed E-state index contributed by atoms with van der Waals surface area (Å²) in [6.07, 6.45) is 0. The smallest absolute Gasteiger partial charge is 0.237 e. The van der Waals surface area contributed by atoms with Crippen molar-refractivity contribution >= 4 is 45.3 Å². The van der Waals surface area contributed by atoms with Crippen LogP contribution in [0.5, 0.6) is 0 Å². The van der Waals surface area contributed by atoms with Crippen molar-refractivity contribution in [2.24, 2.45) is 0 Å². The van der Waals surface area contributed by atoms with Gasteiger partial charge in [-0.05, 0) is 44.2 Å². The molecule has 1 aromatic heterocycles. The van der Waals surface area contributed by atoms with E-state index in [2.05, 4.69) is 24.4 Å². The molecule has 3 aromatic carbocycles. The maximum atomic E-state index is 12.5. The molecule has 0 fully saturated rings. The van der Waals surface area contributed by atoms with Gasteiger partial charge in [-0.2, -0.15) is 0 Å². The molecule has 0 aliphatic rings. The first kappa shape index (κ1) is 16.7. The Morgan fingerprint density at radius 1 is 0.962 bits per heavy atom. The van der Waals surface area contributed by atoms with Gasteiger partial charge in [0.15, 0.2) is 0 Å². The van der Waals surface area contributed by atoms with E-state index in [1.165, 1.54) is 5.56 Å². The molecule has 4 aromatic rings. The third-order valence-corrected chi connectivity index (χ3v) is 5.46. The number of carbonyl (C=O) groups is 1. The molecular formula is C22H19NO2S. The van der Waals surface area contributed by atoms with Crippen molar-refractivity contribution in [2.45, 2.75) is 24.0 Å². The van der Waals surface area contributed by atoms with Crippen LogP contribution in [0.15, 0.2) is 76.0 Å². The minimum absolute atomic E-state index is 0.0222. The number of thioether (sulfide) groups is 1. The zero-order valence-corrected chi connectivity index (χ0v) is 15.5. The highest BCUT2D eigenvalue weighted by molar-refractivity contribution is 8.00. The van der Waals surface area contributed by atoms with E-state index in [0.29, 0.717) is 0 Å². The fourth-order valence-electron chi connectivity index (χ4n) is 2.92. The van der Waals surface area contributed by atoms with Crippen LogP contribution in [0.1, 0.15) is 12.5 Å². The van der Waals surface area contributed by atoms with Gasteiger partial charge in [-0.15, -0.1) is 11.8 Å². The number of hydrogen-bond acceptors (Lipinski definition) is 3. The molecule has 0 aliphatic heterocycles. The fraction of sp³-hybridized carbons (Fsp3) is 0.136. The van der Waals surface area contributed by atoms with Gasteiger partial charge in [0, 0.05) is 27.4 Å². The lowest BCUT2D eigenvalue weighted by Crippen LogP contribution is -2.22. The maximum absolute atomic E-state index is 12.5. The number of amides is 1. The summed E-state index contributed by atoms with van der Waals surface area (Å²) in [6, 6.07) is 22.0. The highest BCUT2D eigenvalue weighted by Gasteiger charge is 2.15. The van der Waals surface area contributed by atoms with Gasteiger partial charge in [0.2, 0.25) is 5.91 Å². The normalized spacial score (nSPS) is 12.4. The molecule has 1 atom stereocenters. The summed E-state index contributed by atoms with van der Waals surface area (Å²) in [6.45, 7) is 3.97. The fourth-order valence-corrected chi connectivity index (χ4v) is 3.79. The summed E-state index contributed by atoms with van der Waals surface area (Å²) in [5, 5.41) is 4.94. The summed E-state index contributed by atoms with van der Waals surface area (Å²) in [5.74, 6) is -0.0222. The average Bonchev–Trinajstić information content (AvgIpc) is 3.01. The van der Waals surface area contributed by atoms with Gasteiger partial charge in [0.25, 0.3) is 0 Å². The Labute approximate surface area is 156 Å². The zero-order chi connectivity index (χ0) is 18.1. The lowest BCUT2D eigenvalue weighted by Gasteiger charge is -2.12. The highest BCUT2D eigenvalue weighted by Crippen LogP contribution is 2.31. The minimum atomic E-state index is -0.191. The number of hydrogen-bond donors (Lipinski definition) is 1. The standard InChI is InChI=1S/C22H19NO2S/c1-14-7-10-17(11-8-14)26-15(2)22(24)23-16-9-12-19-18-5-3-4-6-20(18)25-21(19)13-16/h3-13,15H,1-2H3,(H,23,24)/t15-/m1/s1. The molecule has 1 heterocycles. The maximum Gasteiger partial charge on any atom is 0.237 e. The van der Waals surface area contributed by atoms with Crippen molar-refractivity contribution in [1.29, 1.82) is 0 Å². The predicted molar refractivity (Wildman–Crippen MR) is 109 cm³/mol. The molecule has 26 heavy (non-hydrogen) atoms. The molecule has 4 rings (SSSR count). The van der Waals surface area contributed by atoms with Crippen molar-refractivity contribution in [3.8, 4) is 0 Å². The van der Waals surface area contributed by atoms with Crippen LogP contribution in [0.25, 0.3) is 21.9 Å². The second kappa shape index (κ2) is 6.89. The molecule has 1 N–H and O–H groups in total. The van der Waals surface area contributed by atoms with Gasteiger partial charge in [-0.1, -0.05) is 35.9 Å². The van der Waals surface area contributed by atoms with Crippen molar-refractivity contribution in [3.63, 3.8) is 0 Å². The summed E-state index contributed by atoms with van der Waals surface area (Å²) >= 11 is 1.55. The van der Waals surface area contributed by atoms with Gasteiger partial charge in [-0.3, -0.25) is 4.79 Å². The molecule has 0 saturated heterocycles. The lowest BCUT2D eigenvalue weighted by molar-refractivity contribution is -0.115. The summed E-state index contributed by atoms with van der Waals surface area (Å²) in [5.41, 5.74) is 3.60. The molecule has 0 unspecified atom stereocenters. The van der Waals surface area contributed by atoms with Crippen LogP contribution < -0.4 is 5.32 Å². The number of carbonyl (C=O) groups excluding carboxylic acids is 1. The molecule has 0 bridgehead atoms. The zero-order valence-electron chi connectivity index (χ0n) is 14.7. The van der Waals surface area contributed by atoms with E-state index in [1.54, 1.807) is 11.8 Å². The second-order valence-corrected chi connectivity index (χ2v) is 7.79. The minimum Gasteiger partial charge on any atom is -0.456 e. The number of para-hydroxylation sites is 1. The number of fused-ring (bicyclic) bond motifs is 3. The number of benzene rings is 3. The molecular weight excluding hydrogens is 342 g/mol. The Hall–Kier alpha value is -2.72. The molecule has 130 valence electrons. The Kier molecular flexibility index (Phi) is 4.43. The SMILES string of the molecule is Cc1ccc(S[C@H](C)C(=O)Nc2ccc3c(c2)oc2ccccc23)cc1. The highest BCUT2D eigenvalue weighted by atomic mass is 32.2. The van der Waals surface area contributed by atoms with E-state index in [1.807, 2.05) is 61.5 Å². The molecule has 0 saturated carbocycles. The van der Waals surface area contributed by atoms with E-state index >= 15 is 0 Å². The monoisotopic (exact) mass is 361 g/mol. The lowest BCUT2D eigenvalue weighted by atomic mass is 10.1. The van der Waals surface area contributed by atoms with E-state index in [-0.39, 0.29) is 11.2 Å². The van der Waals surface area contributed by atoms with Crippen molar-refractivity contribution in [2.75, 3.05) is 5.32 Å². The summed E-state index contributed by atoms with van der Waals surface area (Å²) < 4.78 is 5.89. The van der Waals surface area contributed by atoms with E-state index in [0.717, 1.165) is 32.5 Å². The van der Waals surface area contributed by atoms with Crippen LogP contribution in [-0.2, 0) is 4.79 Å². The first-order valence-electron chi connectivity index (χ1n) is 8.55. The quantitative estimate of drug-likeness (QED) is 0.452.